The standard InChI is InChI=1S/C8H14N4/c1-2-4-6-10-12-8-7-11-9-5-3-1/h1-2H,3-8H2. The van der Waals surface area contributed by atoms with Crippen LogP contribution in [0.15, 0.2) is 32.6 Å². The minimum absolute atomic E-state index is 0.674. The molecule has 1 heterocycles. The second-order valence-electron chi connectivity index (χ2n) is 2.51. The van der Waals surface area contributed by atoms with E-state index in [4.69, 9.17) is 0 Å². The smallest absolute Gasteiger partial charge is 0.0812 e. The molecule has 0 atom stereocenters. The average molecular weight is 166 g/mol. The predicted octanol–water partition coefficient (Wildman–Crippen LogP) is 2.24. The summed E-state index contributed by atoms with van der Waals surface area (Å²) in [6, 6.07) is 0. The van der Waals surface area contributed by atoms with Gasteiger partial charge in [-0.15, -0.1) is 0 Å². The number of nitrogens with zero attached hydrogens (tertiary/aromatic N) is 4. The van der Waals surface area contributed by atoms with Crippen molar-refractivity contribution in [2.45, 2.75) is 12.8 Å². The van der Waals surface area contributed by atoms with Crippen LogP contribution in [0.2, 0.25) is 0 Å². The molecule has 0 aromatic heterocycles. The molecule has 0 aliphatic carbocycles. The van der Waals surface area contributed by atoms with E-state index in [1.54, 1.807) is 0 Å². The van der Waals surface area contributed by atoms with Crippen LogP contribution in [0.5, 0.6) is 0 Å². The van der Waals surface area contributed by atoms with E-state index < -0.39 is 0 Å². The summed E-state index contributed by atoms with van der Waals surface area (Å²) in [5, 5.41) is 15.8. The molecule has 0 bridgehead atoms. The monoisotopic (exact) mass is 166 g/mol. The van der Waals surface area contributed by atoms with Gasteiger partial charge in [-0.25, -0.2) is 0 Å². The highest BCUT2D eigenvalue weighted by molar-refractivity contribution is 4.82. The molecule has 0 N–H and O–H groups in total. The number of hydrogen-bond donors (Lipinski definition) is 0. The molecule has 0 amide bonds. The Hall–Kier alpha value is -1.06. The van der Waals surface area contributed by atoms with E-state index in [9.17, 15) is 0 Å². The molecule has 0 spiro atoms. The normalized spacial score (nSPS) is 20.0. The van der Waals surface area contributed by atoms with Gasteiger partial charge in [-0.1, -0.05) is 12.2 Å². The SMILES string of the molecule is C1=CCCN=NCCN=NCC1. The molecule has 12 heavy (non-hydrogen) atoms. The molecule has 0 aromatic carbocycles. The van der Waals surface area contributed by atoms with Crippen LogP contribution < -0.4 is 0 Å². The average Bonchev–Trinajstić information content (AvgIpc) is 2.05. The van der Waals surface area contributed by atoms with Crippen LogP contribution in [0.3, 0.4) is 0 Å². The van der Waals surface area contributed by atoms with E-state index in [1.165, 1.54) is 0 Å². The minimum atomic E-state index is 0.674. The largest absolute Gasteiger partial charge is 0.194 e. The number of rotatable bonds is 0. The first-order valence-corrected chi connectivity index (χ1v) is 4.31. The highest BCUT2D eigenvalue weighted by atomic mass is 15.1. The first kappa shape index (κ1) is 9.03. The second kappa shape index (κ2) is 6.64. The summed E-state index contributed by atoms with van der Waals surface area (Å²) in [5.74, 6) is 0. The van der Waals surface area contributed by atoms with E-state index in [2.05, 4.69) is 32.6 Å². The molecule has 4 heteroatoms. The van der Waals surface area contributed by atoms with E-state index in [0.717, 1.165) is 25.9 Å². The van der Waals surface area contributed by atoms with Crippen molar-refractivity contribution in [2.75, 3.05) is 26.2 Å². The third-order valence-corrected chi connectivity index (χ3v) is 1.46. The number of hydrogen-bond acceptors (Lipinski definition) is 4. The Morgan fingerprint density at radius 3 is 1.50 bits per heavy atom. The molecule has 0 unspecified atom stereocenters. The molecule has 1 aliphatic rings. The van der Waals surface area contributed by atoms with Crippen LogP contribution >= 0.6 is 0 Å². The van der Waals surface area contributed by atoms with Crippen molar-refractivity contribution in [1.29, 1.82) is 0 Å². The van der Waals surface area contributed by atoms with Crippen molar-refractivity contribution in [1.82, 2.24) is 0 Å². The van der Waals surface area contributed by atoms with Gasteiger partial charge in [-0.05, 0) is 12.8 Å². The molecule has 1 rings (SSSR count). The highest BCUT2D eigenvalue weighted by Gasteiger charge is 1.84. The van der Waals surface area contributed by atoms with Gasteiger partial charge in [-0.3, -0.25) is 0 Å². The summed E-state index contributed by atoms with van der Waals surface area (Å²) in [7, 11) is 0. The van der Waals surface area contributed by atoms with Gasteiger partial charge in [0.2, 0.25) is 0 Å². The van der Waals surface area contributed by atoms with Gasteiger partial charge in [0.15, 0.2) is 0 Å². The molecular weight excluding hydrogens is 152 g/mol. The lowest BCUT2D eigenvalue weighted by molar-refractivity contribution is 0.777. The molecule has 0 saturated carbocycles. The first-order valence-electron chi connectivity index (χ1n) is 4.31. The van der Waals surface area contributed by atoms with Gasteiger partial charge >= 0.3 is 0 Å². The molecule has 0 aromatic rings. The highest BCUT2D eigenvalue weighted by Crippen LogP contribution is 1.92. The molecular formula is C8H14N4. The molecule has 4 nitrogen and oxygen atoms in total. The van der Waals surface area contributed by atoms with Crippen molar-refractivity contribution in [3.05, 3.63) is 12.2 Å². The van der Waals surface area contributed by atoms with Crippen LogP contribution in [0, 0.1) is 0 Å². The van der Waals surface area contributed by atoms with Crippen molar-refractivity contribution < 1.29 is 0 Å². The Labute approximate surface area is 72.5 Å². The van der Waals surface area contributed by atoms with Gasteiger partial charge in [0.05, 0.1) is 26.2 Å². The molecule has 66 valence electrons. The van der Waals surface area contributed by atoms with Crippen LogP contribution in [0.1, 0.15) is 12.8 Å². The maximum absolute atomic E-state index is 3.98. The maximum Gasteiger partial charge on any atom is 0.0812 e. The Morgan fingerprint density at radius 1 is 0.583 bits per heavy atom. The lowest BCUT2D eigenvalue weighted by Gasteiger charge is -1.91. The Morgan fingerprint density at radius 2 is 1.00 bits per heavy atom. The van der Waals surface area contributed by atoms with E-state index in [1.807, 2.05) is 0 Å². The van der Waals surface area contributed by atoms with Crippen LogP contribution in [-0.4, -0.2) is 26.2 Å². The fourth-order valence-electron chi connectivity index (χ4n) is 0.873. The van der Waals surface area contributed by atoms with Crippen LogP contribution in [0.4, 0.5) is 0 Å². The quantitative estimate of drug-likeness (QED) is 0.495. The van der Waals surface area contributed by atoms with E-state index in [-0.39, 0.29) is 0 Å². The topological polar surface area (TPSA) is 49.4 Å². The maximum atomic E-state index is 3.98. The summed E-state index contributed by atoms with van der Waals surface area (Å²) in [5.41, 5.74) is 0. The molecule has 1 aliphatic heterocycles. The third kappa shape index (κ3) is 4.71. The van der Waals surface area contributed by atoms with Crippen molar-refractivity contribution in [3.8, 4) is 0 Å². The summed E-state index contributed by atoms with van der Waals surface area (Å²) in [6.45, 7) is 2.95. The molecule has 0 radical (unpaired) electrons. The molecule has 0 fully saturated rings. The van der Waals surface area contributed by atoms with Gasteiger partial charge in [0.1, 0.15) is 0 Å². The summed E-state index contributed by atoms with van der Waals surface area (Å²) >= 11 is 0. The number of azo groups is 2. The molecule has 0 saturated heterocycles. The third-order valence-electron chi connectivity index (χ3n) is 1.46. The minimum Gasteiger partial charge on any atom is -0.194 e. The Bertz CT molecular complexity index is 132. The lowest BCUT2D eigenvalue weighted by Crippen LogP contribution is -1.87. The zero-order valence-electron chi connectivity index (χ0n) is 7.19. The van der Waals surface area contributed by atoms with Crippen LogP contribution in [0.25, 0.3) is 0 Å². The first-order chi connectivity index (χ1) is 6.00. The van der Waals surface area contributed by atoms with Gasteiger partial charge < -0.3 is 0 Å². The van der Waals surface area contributed by atoms with Crippen molar-refractivity contribution in [3.63, 3.8) is 0 Å². The van der Waals surface area contributed by atoms with Gasteiger partial charge in [0, 0.05) is 0 Å². The Balaban J connectivity index is 2.30. The van der Waals surface area contributed by atoms with Gasteiger partial charge in [-0.2, -0.15) is 20.5 Å². The summed E-state index contributed by atoms with van der Waals surface area (Å²) in [4.78, 5) is 0. The second-order valence-corrected chi connectivity index (χ2v) is 2.51. The Kier molecular flexibility index (Phi) is 5.00. The fourth-order valence-corrected chi connectivity index (χ4v) is 0.873. The van der Waals surface area contributed by atoms with Crippen LogP contribution in [-0.2, 0) is 0 Å². The zero-order valence-corrected chi connectivity index (χ0v) is 7.19. The zero-order chi connectivity index (χ0) is 8.49. The summed E-state index contributed by atoms with van der Waals surface area (Å²) < 4.78 is 0. The fraction of sp³-hybridized carbons (Fsp3) is 0.750. The lowest BCUT2D eigenvalue weighted by atomic mass is 10.3. The van der Waals surface area contributed by atoms with Crippen molar-refractivity contribution in [2.24, 2.45) is 20.5 Å². The van der Waals surface area contributed by atoms with E-state index >= 15 is 0 Å². The predicted molar refractivity (Wildman–Crippen MR) is 47.6 cm³/mol. The van der Waals surface area contributed by atoms with Crippen molar-refractivity contribution >= 4 is 0 Å². The van der Waals surface area contributed by atoms with Gasteiger partial charge in [0.25, 0.3) is 0 Å². The van der Waals surface area contributed by atoms with E-state index in [0.29, 0.717) is 13.1 Å². The summed E-state index contributed by atoms with van der Waals surface area (Å²) in [6.07, 6.45) is 6.22.